The molecule has 25 heavy (non-hydrogen) atoms. The summed E-state index contributed by atoms with van der Waals surface area (Å²) >= 11 is 0. The van der Waals surface area contributed by atoms with Gasteiger partial charge < -0.3 is 14.2 Å². The van der Waals surface area contributed by atoms with Crippen molar-refractivity contribution >= 4 is 5.97 Å². The largest absolute Gasteiger partial charge is 0.496 e. The van der Waals surface area contributed by atoms with E-state index in [1.165, 1.54) is 7.11 Å². The minimum absolute atomic E-state index is 0.135. The van der Waals surface area contributed by atoms with Gasteiger partial charge in [-0.3, -0.25) is 4.79 Å². The highest BCUT2D eigenvalue weighted by molar-refractivity contribution is 5.77. The summed E-state index contributed by atoms with van der Waals surface area (Å²) in [6.07, 6.45) is 2.08. The van der Waals surface area contributed by atoms with Gasteiger partial charge in [0.25, 0.3) is 0 Å². The Balaban J connectivity index is 1.83. The molecule has 0 radical (unpaired) electrons. The van der Waals surface area contributed by atoms with Crippen molar-refractivity contribution in [1.29, 1.82) is 0 Å². The van der Waals surface area contributed by atoms with Gasteiger partial charge in [0.2, 0.25) is 0 Å². The zero-order chi connectivity index (χ0) is 17.7. The minimum atomic E-state index is -0.473. The predicted molar refractivity (Wildman–Crippen MR) is 96.6 cm³/mol. The monoisotopic (exact) mass is 340 g/mol. The van der Waals surface area contributed by atoms with Crippen LogP contribution in [0.15, 0.2) is 48.5 Å². The van der Waals surface area contributed by atoms with Gasteiger partial charge in [0, 0.05) is 18.8 Å². The molecule has 3 rings (SSSR count). The van der Waals surface area contributed by atoms with Crippen molar-refractivity contribution in [1.82, 2.24) is 0 Å². The van der Waals surface area contributed by atoms with E-state index in [1.807, 2.05) is 24.3 Å². The molecule has 1 saturated heterocycles. The van der Waals surface area contributed by atoms with Crippen LogP contribution in [0, 0.1) is 5.41 Å². The molecular weight excluding hydrogens is 316 g/mol. The fraction of sp³-hybridized carbons (Fsp3) is 0.381. The summed E-state index contributed by atoms with van der Waals surface area (Å²) in [6, 6.07) is 16.3. The molecule has 1 aliphatic heterocycles. The molecule has 4 heteroatoms. The second-order valence-electron chi connectivity index (χ2n) is 6.46. The second-order valence-corrected chi connectivity index (χ2v) is 6.46. The van der Waals surface area contributed by atoms with E-state index in [1.54, 1.807) is 7.11 Å². The number of methoxy groups -OCH3 is 2. The van der Waals surface area contributed by atoms with Crippen molar-refractivity contribution in [3.8, 4) is 16.9 Å². The summed E-state index contributed by atoms with van der Waals surface area (Å²) in [4.78, 5) is 12.4. The molecule has 0 unspecified atom stereocenters. The fourth-order valence-electron chi connectivity index (χ4n) is 3.51. The van der Waals surface area contributed by atoms with E-state index in [-0.39, 0.29) is 5.97 Å². The van der Waals surface area contributed by atoms with E-state index < -0.39 is 5.41 Å². The van der Waals surface area contributed by atoms with Gasteiger partial charge in [-0.1, -0.05) is 42.5 Å². The molecule has 2 aromatic carbocycles. The first-order valence-corrected chi connectivity index (χ1v) is 8.57. The summed E-state index contributed by atoms with van der Waals surface area (Å²) in [5.74, 6) is 0.718. The van der Waals surface area contributed by atoms with Gasteiger partial charge in [0.1, 0.15) is 5.75 Å². The Morgan fingerprint density at radius 2 is 1.72 bits per heavy atom. The SMILES string of the molecule is COC(=O)C1(Cc2ccc(-c3ccccc3OC)cc2)CCOCC1. The smallest absolute Gasteiger partial charge is 0.312 e. The van der Waals surface area contributed by atoms with Crippen molar-refractivity contribution in [3.63, 3.8) is 0 Å². The maximum absolute atomic E-state index is 12.4. The Morgan fingerprint density at radius 3 is 2.36 bits per heavy atom. The first kappa shape index (κ1) is 17.5. The molecule has 2 aromatic rings. The van der Waals surface area contributed by atoms with Crippen molar-refractivity contribution in [3.05, 3.63) is 54.1 Å². The third-order valence-electron chi connectivity index (χ3n) is 4.98. The van der Waals surface area contributed by atoms with Crippen LogP contribution in [0.5, 0.6) is 5.75 Å². The molecule has 0 spiro atoms. The Bertz CT molecular complexity index is 715. The van der Waals surface area contributed by atoms with E-state index in [0.717, 1.165) is 22.4 Å². The molecule has 1 fully saturated rings. The zero-order valence-electron chi connectivity index (χ0n) is 14.8. The van der Waals surface area contributed by atoms with Crippen LogP contribution in [-0.2, 0) is 20.7 Å². The Hall–Kier alpha value is -2.33. The number of rotatable bonds is 5. The molecule has 0 saturated carbocycles. The van der Waals surface area contributed by atoms with Crippen LogP contribution >= 0.6 is 0 Å². The number of carbonyl (C=O) groups excluding carboxylic acids is 1. The van der Waals surface area contributed by atoms with E-state index in [2.05, 4.69) is 24.3 Å². The normalized spacial score (nSPS) is 16.2. The van der Waals surface area contributed by atoms with E-state index >= 15 is 0 Å². The summed E-state index contributed by atoms with van der Waals surface area (Å²) in [7, 11) is 3.14. The molecule has 0 atom stereocenters. The number of hydrogen-bond acceptors (Lipinski definition) is 4. The van der Waals surface area contributed by atoms with Gasteiger partial charge in [-0.25, -0.2) is 0 Å². The third-order valence-corrected chi connectivity index (χ3v) is 4.98. The molecular formula is C21H24O4. The highest BCUT2D eigenvalue weighted by Gasteiger charge is 2.41. The molecule has 1 heterocycles. The average molecular weight is 340 g/mol. The Labute approximate surface area is 148 Å². The summed E-state index contributed by atoms with van der Waals surface area (Å²) in [6.45, 7) is 1.21. The lowest BCUT2D eigenvalue weighted by atomic mass is 9.75. The summed E-state index contributed by atoms with van der Waals surface area (Å²) < 4.78 is 16.0. The Kier molecular flexibility index (Phi) is 5.39. The summed E-state index contributed by atoms with van der Waals surface area (Å²) in [5, 5.41) is 0. The number of hydrogen-bond donors (Lipinski definition) is 0. The van der Waals surface area contributed by atoms with Gasteiger partial charge in [0.15, 0.2) is 0 Å². The fourth-order valence-corrected chi connectivity index (χ4v) is 3.51. The topological polar surface area (TPSA) is 44.8 Å². The molecule has 0 bridgehead atoms. The van der Waals surface area contributed by atoms with E-state index in [4.69, 9.17) is 14.2 Å². The molecule has 4 nitrogen and oxygen atoms in total. The highest BCUT2D eigenvalue weighted by Crippen LogP contribution is 2.36. The van der Waals surface area contributed by atoms with Gasteiger partial charge in [0.05, 0.1) is 19.6 Å². The van der Waals surface area contributed by atoms with E-state index in [9.17, 15) is 4.79 Å². The van der Waals surface area contributed by atoms with Gasteiger partial charge in [-0.05, 0) is 36.5 Å². The number of ether oxygens (including phenoxy) is 3. The van der Waals surface area contributed by atoms with Crippen LogP contribution < -0.4 is 4.74 Å². The number of benzene rings is 2. The van der Waals surface area contributed by atoms with Gasteiger partial charge >= 0.3 is 5.97 Å². The van der Waals surface area contributed by atoms with Crippen LogP contribution in [0.2, 0.25) is 0 Å². The molecule has 0 N–H and O–H groups in total. The van der Waals surface area contributed by atoms with Crippen LogP contribution in [0.25, 0.3) is 11.1 Å². The maximum atomic E-state index is 12.4. The van der Waals surface area contributed by atoms with Gasteiger partial charge in [-0.2, -0.15) is 0 Å². The average Bonchev–Trinajstić information content (AvgIpc) is 2.68. The lowest BCUT2D eigenvalue weighted by Crippen LogP contribution is -2.40. The van der Waals surface area contributed by atoms with Crippen LogP contribution in [0.4, 0.5) is 0 Å². The standard InChI is InChI=1S/C21H24O4/c1-23-19-6-4-3-5-18(19)17-9-7-16(8-10-17)15-21(20(22)24-2)11-13-25-14-12-21/h3-10H,11-15H2,1-2H3. The van der Waals surface area contributed by atoms with Crippen LogP contribution in [-0.4, -0.2) is 33.4 Å². The minimum Gasteiger partial charge on any atom is -0.496 e. The third kappa shape index (κ3) is 3.69. The lowest BCUT2D eigenvalue weighted by Gasteiger charge is -2.34. The number of esters is 1. The predicted octanol–water partition coefficient (Wildman–Crippen LogP) is 3.87. The first-order valence-electron chi connectivity index (χ1n) is 8.57. The van der Waals surface area contributed by atoms with Crippen molar-refractivity contribution in [2.24, 2.45) is 5.41 Å². The molecule has 1 aliphatic rings. The first-order chi connectivity index (χ1) is 12.2. The lowest BCUT2D eigenvalue weighted by molar-refractivity contribution is -0.158. The molecule has 132 valence electrons. The quantitative estimate of drug-likeness (QED) is 0.775. The molecule has 0 amide bonds. The molecule has 0 aliphatic carbocycles. The molecule has 0 aromatic heterocycles. The number of para-hydroxylation sites is 1. The second kappa shape index (κ2) is 7.70. The van der Waals surface area contributed by atoms with Crippen molar-refractivity contribution < 1.29 is 19.0 Å². The van der Waals surface area contributed by atoms with E-state index in [0.29, 0.717) is 32.5 Å². The van der Waals surface area contributed by atoms with Crippen LogP contribution in [0.3, 0.4) is 0 Å². The van der Waals surface area contributed by atoms with Crippen LogP contribution in [0.1, 0.15) is 18.4 Å². The maximum Gasteiger partial charge on any atom is 0.312 e. The summed E-state index contributed by atoms with van der Waals surface area (Å²) in [5.41, 5.74) is 2.82. The highest BCUT2D eigenvalue weighted by atomic mass is 16.5. The zero-order valence-corrected chi connectivity index (χ0v) is 14.8. The van der Waals surface area contributed by atoms with Crippen molar-refractivity contribution in [2.75, 3.05) is 27.4 Å². The van der Waals surface area contributed by atoms with Crippen molar-refractivity contribution in [2.45, 2.75) is 19.3 Å². The van der Waals surface area contributed by atoms with Gasteiger partial charge in [-0.15, -0.1) is 0 Å². The number of carbonyl (C=O) groups is 1. The Morgan fingerprint density at radius 1 is 1.04 bits per heavy atom.